The SMILES string of the molecule is CC(C)(C)NCc1cn(CC(F)F)c2cc(Cl)ccc12. The van der Waals surface area contributed by atoms with Crippen LogP contribution in [0.4, 0.5) is 8.78 Å². The highest BCUT2D eigenvalue weighted by atomic mass is 35.5. The summed E-state index contributed by atoms with van der Waals surface area (Å²) in [5.41, 5.74) is 1.74. The third-order valence-corrected chi connectivity index (χ3v) is 3.31. The highest BCUT2D eigenvalue weighted by Gasteiger charge is 2.15. The Kier molecular flexibility index (Phi) is 4.35. The standard InChI is InChI=1S/C15H19ClF2N2/c1-15(2,3)19-7-10-8-20(9-14(17)18)13-6-11(16)4-5-12(10)13/h4-6,8,14,19H,7,9H2,1-3H3. The van der Waals surface area contributed by atoms with Crippen LogP contribution < -0.4 is 5.32 Å². The van der Waals surface area contributed by atoms with Gasteiger partial charge in [0.15, 0.2) is 0 Å². The van der Waals surface area contributed by atoms with Crippen molar-refractivity contribution in [3.05, 3.63) is 35.0 Å². The molecule has 2 rings (SSSR count). The molecule has 2 aromatic rings. The van der Waals surface area contributed by atoms with Gasteiger partial charge < -0.3 is 9.88 Å². The maximum absolute atomic E-state index is 12.7. The Hall–Kier alpha value is -1.13. The molecule has 0 unspecified atom stereocenters. The second kappa shape index (κ2) is 5.70. The largest absolute Gasteiger partial charge is 0.341 e. The van der Waals surface area contributed by atoms with Crippen LogP contribution in [0.3, 0.4) is 0 Å². The number of halogens is 3. The van der Waals surface area contributed by atoms with Crippen LogP contribution in [0.1, 0.15) is 26.3 Å². The number of fused-ring (bicyclic) bond motifs is 1. The number of aromatic nitrogens is 1. The van der Waals surface area contributed by atoms with E-state index in [9.17, 15) is 8.78 Å². The molecule has 2 nitrogen and oxygen atoms in total. The summed E-state index contributed by atoms with van der Waals surface area (Å²) in [7, 11) is 0. The van der Waals surface area contributed by atoms with Crippen molar-refractivity contribution in [2.75, 3.05) is 0 Å². The first kappa shape index (κ1) is 15.3. The first-order valence-corrected chi connectivity index (χ1v) is 6.94. The summed E-state index contributed by atoms with van der Waals surface area (Å²) in [6, 6.07) is 5.41. The van der Waals surface area contributed by atoms with Gasteiger partial charge in [-0.2, -0.15) is 0 Å². The molecule has 5 heteroatoms. The van der Waals surface area contributed by atoms with E-state index in [1.54, 1.807) is 22.9 Å². The number of rotatable bonds is 4. The molecule has 0 fully saturated rings. The van der Waals surface area contributed by atoms with Crippen molar-refractivity contribution >= 4 is 22.5 Å². The molecule has 0 bridgehead atoms. The molecule has 0 aliphatic carbocycles. The summed E-state index contributed by atoms with van der Waals surface area (Å²) in [5, 5.41) is 4.90. The lowest BCUT2D eigenvalue weighted by Crippen LogP contribution is -2.35. The fourth-order valence-corrected chi connectivity index (χ4v) is 2.31. The van der Waals surface area contributed by atoms with Gasteiger partial charge in [0.25, 0.3) is 6.43 Å². The van der Waals surface area contributed by atoms with Gasteiger partial charge in [-0.3, -0.25) is 0 Å². The van der Waals surface area contributed by atoms with Crippen molar-refractivity contribution in [3.63, 3.8) is 0 Å². The molecule has 0 amide bonds. The van der Waals surface area contributed by atoms with E-state index in [0.29, 0.717) is 11.6 Å². The van der Waals surface area contributed by atoms with Gasteiger partial charge in [-0.05, 0) is 38.5 Å². The van der Waals surface area contributed by atoms with E-state index in [4.69, 9.17) is 11.6 Å². The molecular weight excluding hydrogens is 282 g/mol. The van der Waals surface area contributed by atoms with E-state index in [1.165, 1.54) is 0 Å². The van der Waals surface area contributed by atoms with Crippen LogP contribution in [0.2, 0.25) is 5.02 Å². The van der Waals surface area contributed by atoms with E-state index in [-0.39, 0.29) is 12.1 Å². The Morgan fingerprint density at radius 1 is 1.30 bits per heavy atom. The van der Waals surface area contributed by atoms with E-state index in [2.05, 4.69) is 26.1 Å². The minimum absolute atomic E-state index is 0.0242. The first-order chi connectivity index (χ1) is 9.26. The van der Waals surface area contributed by atoms with E-state index in [0.717, 1.165) is 16.5 Å². The van der Waals surface area contributed by atoms with Crippen molar-refractivity contribution in [2.24, 2.45) is 0 Å². The fraction of sp³-hybridized carbons (Fsp3) is 0.467. The van der Waals surface area contributed by atoms with Crippen LogP contribution in [-0.2, 0) is 13.1 Å². The molecule has 0 saturated heterocycles. The van der Waals surface area contributed by atoms with Gasteiger partial charge in [0.05, 0.1) is 12.1 Å². The summed E-state index contributed by atoms with van der Waals surface area (Å²) in [6.07, 6.45) is -0.598. The number of nitrogens with one attached hydrogen (secondary N) is 1. The van der Waals surface area contributed by atoms with Crippen LogP contribution in [-0.4, -0.2) is 16.5 Å². The van der Waals surface area contributed by atoms with Crippen LogP contribution in [0.5, 0.6) is 0 Å². The van der Waals surface area contributed by atoms with Crippen LogP contribution in [0, 0.1) is 0 Å². The molecule has 0 spiro atoms. The Morgan fingerprint density at radius 3 is 2.60 bits per heavy atom. The van der Waals surface area contributed by atoms with E-state index < -0.39 is 6.43 Å². The second-order valence-electron chi connectivity index (χ2n) is 5.96. The topological polar surface area (TPSA) is 17.0 Å². The normalized spacial score (nSPS) is 12.6. The van der Waals surface area contributed by atoms with E-state index in [1.807, 2.05) is 6.07 Å². The van der Waals surface area contributed by atoms with Crippen molar-refractivity contribution < 1.29 is 8.78 Å². The Morgan fingerprint density at radius 2 is 2.00 bits per heavy atom. The van der Waals surface area contributed by atoms with Gasteiger partial charge in [0, 0.05) is 28.7 Å². The average molecular weight is 301 g/mol. The molecule has 0 aliphatic rings. The number of alkyl halides is 2. The first-order valence-electron chi connectivity index (χ1n) is 6.57. The molecular formula is C15H19ClF2N2. The number of benzene rings is 1. The summed E-state index contributed by atoms with van der Waals surface area (Å²) in [6.45, 7) is 6.54. The zero-order valence-corrected chi connectivity index (χ0v) is 12.6. The van der Waals surface area contributed by atoms with Gasteiger partial charge in [0.2, 0.25) is 0 Å². The average Bonchev–Trinajstić information content (AvgIpc) is 2.63. The van der Waals surface area contributed by atoms with Crippen molar-refractivity contribution in [1.29, 1.82) is 0 Å². The lowest BCUT2D eigenvalue weighted by molar-refractivity contribution is 0.128. The second-order valence-corrected chi connectivity index (χ2v) is 6.40. The molecule has 20 heavy (non-hydrogen) atoms. The maximum atomic E-state index is 12.7. The summed E-state index contributed by atoms with van der Waals surface area (Å²) in [4.78, 5) is 0. The van der Waals surface area contributed by atoms with Gasteiger partial charge in [-0.25, -0.2) is 8.78 Å². The van der Waals surface area contributed by atoms with Crippen molar-refractivity contribution in [3.8, 4) is 0 Å². The number of nitrogens with zero attached hydrogens (tertiary/aromatic N) is 1. The summed E-state index contributed by atoms with van der Waals surface area (Å²) < 4.78 is 26.9. The molecule has 0 aliphatic heterocycles. The minimum atomic E-state index is -2.38. The lowest BCUT2D eigenvalue weighted by Gasteiger charge is -2.20. The van der Waals surface area contributed by atoms with Crippen LogP contribution in [0.25, 0.3) is 10.9 Å². The van der Waals surface area contributed by atoms with Crippen molar-refractivity contribution in [1.82, 2.24) is 9.88 Å². The third-order valence-electron chi connectivity index (χ3n) is 3.07. The third kappa shape index (κ3) is 3.70. The summed E-state index contributed by atoms with van der Waals surface area (Å²) >= 11 is 5.97. The van der Waals surface area contributed by atoms with Gasteiger partial charge >= 0.3 is 0 Å². The Balaban J connectivity index is 2.39. The smallest absolute Gasteiger partial charge is 0.256 e. The highest BCUT2D eigenvalue weighted by Crippen LogP contribution is 2.26. The predicted octanol–water partition coefficient (Wildman–Crippen LogP) is 4.45. The quantitative estimate of drug-likeness (QED) is 0.883. The fourth-order valence-electron chi connectivity index (χ4n) is 2.14. The maximum Gasteiger partial charge on any atom is 0.256 e. The minimum Gasteiger partial charge on any atom is -0.341 e. The van der Waals surface area contributed by atoms with Gasteiger partial charge in [-0.15, -0.1) is 0 Å². The molecule has 1 aromatic carbocycles. The monoisotopic (exact) mass is 300 g/mol. The number of hydrogen-bond donors (Lipinski definition) is 1. The lowest BCUT2D eigenvalue weighted by atomic mass is 10.1. The summed E-state index contributed by atoms with van der Waals surface area (Å²) in [5.74, 6) is 0. The molecule has 110 valence electrons. The molecule has 0 radical (unpaired) electrons. The molecule has 1 N–H and O–H groups in total. The highest BCUT2D eigenvalue weighted by molar-refractivity contribution is 6.31. The molecule has 1 heterocycles. The Bertz CT molecular complexity index is 600. The van der Waals surface area contributed by atoms with Gasteiger partial charge in [-0.1, -0.05) is 17.7 Å². The van der Waals surface area contributed by atoms with E-state index >= 15 is 0 Å². The van der Waals surface area contributed by atoms with Crippen LogP contribution in [0.15, 0.2) is 24.4 Å². The number of hydrogen-bond acceptors (Lipinski definition) is 1. The zero-order valence-electron chi connectivity index (χ0n) is 11.9. The van der Waals surface area contributed by atoms with Crippen LogP contribution >= 0.6 is 11.6 Å². The molecule has 0 saturated carbocycles. The predicted molar refractivity (Wildman–Crippen MR) is 79.5 cm³/mol. The zero-order chi connectivity index (χ0) is 14.9. The van der Waals surface area contributed by atoms with Crippen molar-refractivity contribution in [2.45, 2.75) is 45.8 Å². The van der Waals surface area contributed by atoms with Gasteiger partial charge in [0.1, 0.15) is 0 Å². The molecule has 1 aromatic heterocycles. The molecule has 0 atom stereocenters. The Labute approximate surface area is 122 Å².